The van der Waals surface area contributed by atoms with Gasteiger partial charge in [0.25, 0.3) is 10.0 Å². The molecular weight excluding hydrogens is 396 g/mol. The normalized spacial score (nSPS) is 14.0. The fourth-order valence-corrected chi connectivity index (χ4v) is 3.63. The lowest BCUT2D eigenvalue weighted by Gasteiger charge is -2.16. The Morgan fingerprint density at radius 3 is 2.64 bits per heavy atom. The number of hydrogen-bond acceptors (Lipinski definition) is 7. The Kier molecular flexibility index (Phi) is 5.58. The first-order valence-electron chi connectivity index (χ1n) is 8.30. The van der Waals surface area contributed by atoms with Crippen LogP contribution in [0.15, 0.2) is 29.4 Å². The predicted octanol–water partition coefficient (Wildman–Crippen LogP) is 2.42. The summed E-state index contributed by atoms with van der Waals surface area (Å²) in [5.41, 5.74) is 2.16. The molecule has 0 radical (unpaired) electrons. The number of halogens is 2. The quantitative estimate of drug-likeness (QED) is 0.572. The van der Waals surface area contributed by atoms with Crippen molar-refractivity contribution in [2.75, 3.05) is 23.3 Å². The van der Waals surface area contributed by atoms with E-state index in [0.717, 1.165) is 25.1 Å². The molecule has 0 spiro atoms. The molecule has 0 saturated carbocycles. The van der Waals surface area contributed by atoms with Gasteiger partial charge in [0.1, 0.15) is 5.82 Å². The van der Waals surface area contributed by atoms with Crippen LogP contribution in [0.3, 0.4) is 0 Å². The van der Waals surface area contributed by atoms with Crippen LogP contribution >= 0.6 is 0 Å². The number of sulfonamides is 1. The molecule has 1 fully saturated rings. The van der Waals surface area contributed by atoms with Crippen molar-refractivity contribution < 1.29 is 26.8 Å². The van der Waals surface area contributed by atoms with Crippen LogP contribution < -0.4 is 10.2 Å². The van der Waals surface area contributed by atoms with Crippen LogP contribution in [0.5, 0.6) is 0 Å². The summed E-state index contributed by atoms with van der Waals surface area (Å²) in [7, 11) is -4.45. The van der Waals surface area contributed by atoms with Crippen LogP contribution in [0.1, 0.15) is 18.4 Å². The minimum absolute atomic E-state index is 0.00659. The zero-order chi connectivity index (χ0) is 20.3. The van der Waals surface area contributed by atoms with E-state index in [1.165, 1.54) is 24.0 Å². The molecule has 150 valence electrons. The van der Waals surface area contributed by atoms with E-state index in [1.54, 1.807) is 0 Å². The molecule has 0 bridgehead atoms. The lowest BCUT2D eigenvalue weighted by atomic mass is 10.2. The second-order valence-corrected chi connectivity index (χ2v) is 7.63. The van der Waals surface area contributed by atoms with Crippen molar-refractivity contribution in [2.45, 2.75) is 24.8 Å². The minimum Gasteiger partial charge on any atom is -0.324 e. The van der Waals surface area contributed by atoms with Crippen molar-refractivity contribution >= 4 is 27.6 Å². The third-order valence-corrected chi connectivity index (χ3v) is 5.32. The number of nitrogens with one attached hydrogen (secondary N) is 2. The minimum atomic E-state index is -4.45. The molecule has 1 saturated heterocycles. The van der Waals surface area contributed by atoms with E-state index in [9.17, 15) is 22.0 Å². The monoisotopic (exact) mass is 413 g/mol. The number of pyridine rings is 2. The Hall–Kier alpha value is -3.02. The average Bonchev–Trinajstić information content (AvgIpc) is 3.17. The average molecular weight is 413 g/mol. The van der Waals surface area contributed by atoms with E-state index >= 15 is 0 Å². The van der Waals surface area contributed by atoms with Crippen LogP contribution in [-0.2, 0) is 14.9 Å². The Morgan fingerprint density at radius 2 is 1.96 bits per heavy atom. The fraction of sp³-hybridized carbons (Fsp3) is 0.312. The van der Waals surface area contributed by atoms with Crippen molar-refractivity contribution in [1.82, 2.24) is 14.9 Å². The SMILES string of the molecule is Cc1c(NOC(=O)N2CCCC2)cnc(S(=O)(=O)Nc2cccc(F)n2)c1F. The molecule has 0 aromatic carbocycles. The fourth-order valence-electron chi connectivity index (χ4n) is 2.56. The number of amides is 1. The number of carbonyl (C=O) groups excluding carboxylic acids is 1. The van der Waals surface area contributed by atoms with Crippen LogP contribution in [0.4, 0.5) is 25.1 Å². The summed E-state index contributed by atoms with van der Waals surface area (Å²) < 4.78 is 54.4. The van der Waals surface area contributed by atoms with Crippen molar-refractivity contribution in [1.29, 1.82) is 0 Å². The Morgan fingerprint density at radius 1 is 1.25 bits per heavy atom. The Bertz CT molecular complexity index is 997. The predicted molar refractivity (Wildman–Crippen MR) is 94.8 cm³/mol. The first kappa shape index (κ1) is 19.7. The molecule has 1 amide bonds. The van der Waals surface area contributed by atoms with E-state index in [4.69, 9.17) is 4.84 Å². The zero-order valence-corrected chi connectivity index (χ0v) is 15.6. The van der Waals surface area contributed by atoms with Crippen LogP contribution in [0, 0.1) is 18.7 Å². The highest BCUT2D eigenvalue weighted by Gasteiger charge is 2.25. The molecule has 0 unspecified atom stereocenters. The number of nitrogens with zero attached hydrogens (tertiary/aromatic N) is 3. The van der Waals surface area contributed by atoms with Gasteiger partial charge in [-0.3, -0.25) is 4.72 Å². The molecule has 2 aromatic heterocycles. The number of rotatable bonds is 5. The summed E-state index contributed by atoms with van der Waals surface area (Å²) >= 11 is 0. The van der Waals surface area contributed by atoms with Gasteiger partial charge < -0.3 is 9.74 Å². The summed E-state index contributed by atoms with van der Waals surface area (Å²) in [6.45, 7) is 2.44. The number of aromatic nitrogens is 2. The highest BCUT2D eigenvalue weighted by Crippen LogP contribution is 2.24. The Labute approximate surface area is 159 Å². The third-order valence-electron chi connectivity index (χ3n) is 4.05. The molecule has 3 heterocycles. The van der Waals surface area contributed by atoms with E-state index < -0.39 is 32.9 Å². The van der Waals surface area contributed by atoms with Gasteiger partial charge in [-0.25, -0.2) is 24.6 Å². The number of likely N-dealkylation sites (tertiary alicyclic amines) is 1. The summed E-state index contributed by atoms with van der Waals surface area (Å²) in [6.07, 6.45) is 2.16. The Balaban J connectivity index is 1.76. The summed E-state index contributed by atoms with van der Waals surface area (Å²) in [5, 5.41) is -0.896. The number of anilines is 2. The second kappa shape index (κ2) is 7.92. The van der Waals surface area contributed by atoms with Gasteiger partial charge in [0.05, 0.1) is 11.9 Å². The largest absolute Gasteiger partial charge is 0.434 e. The number of hydrogen-bond donors (Lipinski definition) is 2. The van der Waals surface area contributed by atoms with Crippen LogP contribution in [0.25, 0.3) is 0 Å². The van der Waals surface area contributed by atoms with Crippen LogP contribution in [0.2, 0.25) is 0 Å². The molecule has 9 nitrogen and oxygen atoms in total. The highest BCUT2D eigenvalue weighted by molar-refractivity contribution is 7.92. The summed E-state index contributed by atoms with van der Waals surface area (Å²) in [4.78, 5) is 25.2. The molecule has 2 aromatic rings. The van der Waals surface area contributed by atoms with Gasteiger partial charge in [-0.15, -0.1) is 0 Å². The van der Waals surface area contributed by atoms with E-state index in [0.29, 0.717) is 13.1 Å². The van der Waals surface area contributed by atoms with Gasteiger partial charge in [-0.2, -0.15) is 12.8 Å². The molecular formula is C16H17F2N5O4S. The maximum absolute atomic E-state index is 14.6. The topological polar surface area (TPSA) is 114 Å². The van der Waals surface area contributed by atoms with Gasteiger partial charge in [0.2, 0.25) is 11.0 Å². The zero-order valence-electron chi connectivity index (χ0n) is 14.8. The maximum Gasteiger partial charge on any atom is 0.434 e. The maximum atomic E-state index is 14.6. The van der Waals surface area contributed by atoms with E-state index in [1.807, 2.05) is 4.72 Å². The highest BCUT2D eigenvalue weighted by atomic mass is 32.2. The van der Waals surface area contributed by atoms with Gasteiger partial charge in [-0.05, 0) is 31.9 Å². The van der Waals surface area contributed by atoms with Crippen molar-refractivity contribution in [2.24, 2.45) is 0 Å². The molecule has 0 aliphatic carbocycles. The van der Waals surface area contributed by atoms with Gasteiger partial charge in [0.15, 0.2) is 5.82 Å². The third kappa shape index (κ3) is 4.27. The van der Waals surface area contributed by atoms with Crippen molar-refractivity contribution in [3.63, 3.8) is 0 Å². The molecule has 12 heteroatoms. The van der Waals surface area contributed by atoms with Gasteiger partial charge in [-0.1, -0.05) is 6.07 Å². The molecule has 2 N–H and O–H groups in total. The van der Waals surface area contributed by atoms with E-state index in [2.05, 4.69) is 15.4 Å². The molecule has 0 atom stereocenters. The molecule has 1 aliphatic heterocycles. The van der Waals surface area contributed by atoms with Gasteiger partial charge in [0, 0.05) is 18.7 Å². The molecule has 28 heavy (non-hydrogen) atoms. The number of carbonyl (C=O) groups is 1. The second-order valence-electron chi connectivity index (χ2n) is 6.03. The van der Waals surface area contributed by atoms with E-state index in [-0.39, 0.29) is 17.1 Å². The standard InChI is InChI=1S/C16H17F2N5O4S/c1-10-11(21-27-16(24)23-7-2-3-8-23)9-19-15(14(10)18)28(25,26)22-13-6-4-5-12(17)20-13/h4-6,9,21H,2-3,7-8H2,1H3,(H,20,22). The lowest BCUT2D eigenvalue weighted by Crippen LogP contribution is -2.30. The summed E-state index contributed by atoms with van der Waals surface area (Å²) in [5.74, 6) is -2.36. The smallest absolute Gasteiger partial charge is 0.324 e. The first-order valence-corrected chi connectivity index (χ1v) is 9.78. The summed E-state index contributed by atoms with van der Waals surface area (Å²) in [6, 6.07) is 3.49. The first-order chi connectivity index (χ1) is 13.3. The molecule has 1 aliphatic rings. The molecule has 3 rings (SSSR count). The van der Waals surface area contributed by atoms with Crippen LogP contribution in [-0.4, -0.2) is 42.5 Å². The van der Waals surface area contributed by atoms with Crippen molar-refractivity contribution in [3.05, 3.63) is 41.7 Å². The lowest BCUT2D eigenvalue weighted by molar-refractivity contribution is 0.131. The van der Waals surface area contributed by atoms with Crippen molar-refractivity contribution in [3.8, 4) is 0 Å². The van der Waals surface area contributed by atoms with Gasteiger partial charge >= 0.3 is 6.09 Å².